The van der Waals surface area contributed by atoms with Gasteiger partial charge in [-0.1, -0.05) is 19.3 Å². The second kappa shape index (κ2) is 6.67. The molecule has 3 heterocycles. The first-order chi connectivity index (χ1) is 12.2. The average molecular weight is 338 g/mol. The molecule has 1 atom stereocenters. The molecule has 25 heavy (non-hydrogen) atoms. The molecule has 0 bridgehead atoms. The van der Waals surface area contributed by atoms with E-state index < -0.39 is 0 Å². The SMILES string of the molecule is N#Cc1cccnc1N1CCC[C@@]2(CCN(C3CCCCC3)C2=O)C1. The molecule has 0 radical (unpaired) electrons. The number of carbonyl (C=O) groups excluding carboxylic acids is 1. The number of anilines is 1. The molecule has 0 aromatic carbocycles. The average Bonchev–Trinajstić information content (AvgIpc) is 2.98. The molecule has 1 aromatic heterocycles. The Kier molecular flexibility index (Phi) is 4.37. The minimum absolute atomic E-state index is 0.264. The molecule has 132 valence electrons. The number of aromatic nitrogens is 1. The van der Waals surface area contributed by atoms with Crippen molar-refractivity contribution in [2.75, 3.05) is 24.5 Å². The van der Waals surface area contributed by atoms with Gasteiger partial charge in [-0.2, -0.15) is 5.26 Å². The van der Waals surface area contributed by atoms with Gasteiger partial charge >= 0.3 is 0 Å². The fourth-order valence-electron chi connectivity index (χ4n) is 5.02. The second-order valence-electron chi connectivity index (χ2n) is 7.83. The first-order valence-electron chi connectivity index (χ1n) is 9.65. The van der Waals surface area contributed by atoms with Crippen LogP contribution in [0, 0.1) is 16.7 Å². The molecule has 3 fully saturated rings. The summed E-state index contributed by atoms with van der Waals surface area (Å²) in [7, 11) is 0. The summed E-state index contributed by atoms with van der Waals surface area (Å²) in [5, 5.41) is 9.38. The lowest BCUT2D eigenvalue weighted by atomic mass is 9.78. The van der Waals surface area contributed by atoms with Gasteiger partial charge in [0.05, 0.1) is 11.0 Å². The lowest BCUT2D eigenvalue weighted by molar-refractivity contribution is -0.138. The van der Waals surface area contributed by atoms with E-state index in [1.807, 2.05) is 6.07 Å². The third-order valence-corrected chi connectivity index (χ3v) is 6.34. The van der Waals surface area contributed by atoms with E-state index in [1.54, 1.807) is 12.3 Å². The number of amides is 1. The van der Waals surface area contributed by atoms with Crippen LogP contribution in [0.5, 0.6) is 0 Å². The van der Waals surface area contributed by atoms with E-state index in [9.17, 15) is 10.1 Å². The molecular weight excluding hydrogens is 312 g/mol. The Hall–Kier alpha value is -2.09. The molecule has 0 N–H and O–H groups in total. The van der Waals surface area contributed by atoms with Gasteiger partial charge in [-0.15, -0.1) is 0 Å². The number of nitriles is 1. The van der Waals surface area contributed by atoms with Crippen molar-refractivity contribution in [3.05, 3.63) is 23.9 Å². The predicted molar refractivity (Wildman–Crippen MR) is 96.0 cm³/mol. The number of hydrogen-bond acceptors (Lipinski definition) is 4. The van der Waals surface area contributed by atoms with Crippen molar-refractivity contribution >= 4 is 11.7 Å². The van der Waals surface area contributed by atoms with E-state index in [2.05, 4.69) is 20.9 Å². The Morgan fingerprint density at radius 2 is 2.00 bits per heavy atom. The molecule has 3 aliphatic rings. The van der Waals surface area contributed by atoms with Crippen molar-refractivity contribution in [1.29, 1.82) is 5.26 Å². The van der Waals surface area contributed by atoms with Crippen molar-refractivity contribution in [2.45, 2.75) is 57.4 Å². The van der Waals surface area contributed by atoms with Crippen LogP contribution >= 0.6 is 0 Å². The van der Waals surface area contributed by atoms with Gasteiger partial charge in [-0.05, 0) is 44.2 Å². The van der Waals surface area contributed by atoms with Crippen LogP contribution < -0.4 is 4.90 Å². The van der Waals surface area contributed by atoms with Crippen LogP contribution in [-0.2, 0) is 4.79 Å². The van der Waals surface area contributed by atoms with Gasteiger partial charge in [0.25, 0.3) is 0 Å². The number of pyridine rings is 1. The second-order valence-corrected chi connectivity index (χ2v) is 7.83. The Morgan fingerprint density at radius 1 is 1.16 bits per heavy atom. The zero-order chi connectivity index (χ0) is 17.3. The van der Waals surface area contributed by atoms with Crippen molar-refractivity contribution in [3.63, 3.8) is 0 Å². The molecule has 1 saturated carbocycles. The Balaban J connectivity index is 1.54. The van der Waals surface area contributed by atoms with Crippen molar-refractivity contribution in [3.8, 4) is 6.07 Å². The van der Waals surface area contributed by atoms with E-state index in [0.29, 0.717) is 24.1 Å². The first-order valence-corrected chi connectivity index (χ1v) is 9.65. The fraction of sp³-hybridized carbons (Fsp3) is 0.650. The number of rotatable bonds is 2. The zero-order valence-electron chi connectivity index (χ0n) is 14.8. The quantitative estimate of drug-likeness (QED) is 0.831. The van der Waals surface area contributed by atoms with Gasteiger partial charge < -0.3 is 9.80 Å². The zero-order valence-corrected chi connectivity index (χ0v) is 14.8. The van der Waals surface area contributed by atoms with Gasteiger partial charge in [-0.25, -0.2) is 4.98 Å². The Morgan fingerprint density at radius 3 is 2.80 bits per heavy atom. The van der Waals surface area contributed by atoms with Gasteiger partial charge in [0.1, 0.15) is 11.9 Å². The fourth-order valence-corrected chi connectivity index (χ4v) is 5.02. The van der Waals surface area contributed by atoms with Crippen LogP contribution in [-0.4, -0.2) is 41.5 Å². The molecule has 1 aliphatic carbocycles. The van der Waals surface area contributed by atoms with E-state index in [-0.39, 0.29) is 5.41 Å². The van der Waals surface area contributed by atoms with Gasteiger partial charge in [0.2, 0.25) is 5.91 Å². The van der Waals surface area contributed by atoms with Gasteiger partial charge in [-0.3, -0.25) is 4.79 Å². The van der Waals surface area contributed by atoms with Crippen molar-refractivity contribution in [2.24, 2.45) is 5.41 Å². The number of hydrogen-bond donors (Lipinski definition) is 0. The summed E-state index contributed by atoms with van der Waals surface area (Å²) in [6.07, 6.45) is 10.8. The summed E-state index contributed by atoms with van der Waals surface area (Å²) in [6, 6.07) is 6.32. The third kappa shape index (κ3) is 2.88. The standard InChI is InChI=1S/C20H26N4O/c21-14-16-6-4-11-22-18(16)23-12-5-9-20(15-23)10-13-24(19(20)25)17-7-2-1-3-8-17/h4,6,11,17H,1-3,5,7-10,12-13,15H2/t20-/m1/s1. The van der Waals surface area contributed by atoms with Crippen LogP contribution in [0.3, 0.4) is 0 Å². The summed E-state index contributed by atoms with van der Waals surface area (Å²) in [5.41, 5.74) is 0.342. The number of nitrogens with zero attached hydrogens (tertiary/aromatic N) is 4. The molecule has 1 spiro atoms. The van der Waals surface area contributed by atoms with Crippen molar-refractivity contribution < 1.29 is 4.79 Å². The summed E-state index contributed by atoms with van der Waals surface area (Å²) >= 11 is 0. The number of carbonyl (C=O) groups is 1. The smallest absolute Gasteiger partial charge is 0.230 e. The van der Waals surface area contributed by atoms with Crippen LogP contribution in [0.1, 0.15) is 56.9 Å². The molecule has 4 rings (SSSR count). The van der Waals surface area contributed by atoms with Crippen molar-refractivity contribution in [1.82, 2.24) is 9.88 Å². The van der Waals surface area contributed by atoms with E-state index in [0.717, 1.165) is 38.2 Å². The van der Waals surface area contributed by atoms with Crippen LogP contribution in [0.25, 0.3) is 0 Å². The first kappa shape index (κ1) is 16.4. The third-order valence-electron chi connectivity index (χ3n) is 6.34. The molecule has 0 unspecified atom stereocenters. The maximum Gasteiger partial charge on any atom is 0.230 e. The highest BCUT2D eigenvalue weighted by atomic mass is 16.2. The maximum absolute atomic E-state index is 13.3. The largest absolute Gasteiger partial charge is 0.354 e. The van der Waals surface area contributed by atoms with E-state index >= 15 is 0 Å². The lowest BCUT2D eigenvalue weighted by Crippen LogP contribution is -2.50. The Labute approximate surface area is 149 Å². The highest BCUT2D eigenvalue weighted by Crippen LogP contribution is 2.43. The van der Waals surface area contributed by atoms with E-state index in [1.165, 1.54) is 32.1 Å². The summed E-state index contributed by atoms with van der Waals surface area (Å²) in [6.45, 7) is 2.50. The predicted octanol–water partition coefficient (Wildman–Crippen LogP) is 3.10. The minimum atomic E-state index is -0.264. The molecular formula is C20H26N4O. The molecule has 5 heteroatoms. The highest BCUT2D eigenvalue weighted by molar-refractivity contribution is 5.86. The molecule has 1 aromatic rings. The maximum atomic E-state index is 13.3. The van der Waals surface area contributed by atoms with Gasteiger partial charge in [0.15, 0.2) is 0 Å². The molecule has 1 amide bonds. The molecule has 2 aliphatic heterocycles. The Bertz CT molecular complexity index is 691. The topological polar surface area (TPSA) is 60.2 Å². The van der Waals surface area contributed by atoms with E-state index in [4.69, 9.17) is 0 Å². The lowest BCUT2D eigenvalue weighted by Gasteiger charge is -2.40. The van der Waals surface area contributed by atoms with Crippen LogP contribution in [0.15, 0.2) is 18.3 Å². The van der Waals surface area contributed by atoms with Crippen LogP contribution in [0.2, 0.25) is 0 Å². The van der Waals surface area contributed by atoms with Gasteiger partial charge in [0, 0.05) is 31.9 Å². The monoisotopic (exact) mass is 338 g/mol. The molecule has 5 nitrogen and oxygen atoms in total. The number of piperidine rings is 1. The van der Waals surface area contributed by atoms with Crippen LogP contribution in [0.4, 0.5) is 5.82 Å². The minimum Gasteiger partial charge on any atom is -0.354 e. The summed E-state index contributed by atoms with van der Waals surface area (Å²) in [5.74, 6) is 1.10. The summed E-state index contributed by atoms with van der Waals surface area (Å²) in [4.78, 5) is 22.1. The molecule has 2 saturated heterocycles. The normalized spacial score (nSPS) is 27.7. The highest BCUT2D eigenvalue weighted by Gasteiger charge is 2.50. The summed E-state index contributed by atoms with van der Waals surface area (Å²) < 4.78 is 0. The number of likely N-dealkylation sites (tertiary alicyclic amines) is 1.